The van der Waals surface area contributed by atoms with E-state index in [-0.39, 0.29) is 6.04 Å². The molecule has 1 saturated carbocycles. The third kappa shape index (κ3) is 1.91. The van der Waals surface area contributed by atoms with E-state index in [1.54, 1.807) is 0 Å². The van der Waals surface area contributed by atoms with E-state index in [1.807, 2.05) is 0 Å². The second-order valence-electron chi connectivity index (χ2n) is 3.08. The van der Waals surface area contributed by atoms with Crippen molar-refractivity contribution in [3.63, 3.8) is 0 Å². The van der Waals surface area contributed by atoms with Crippen LogP contribution in [0.15, 0.2) is 0 Å². The Kier molecular flexibility index (Phi) is 2.46. The Labute approximate surface area is 65.0 Å². The number of aliphatic hydroxyl groups excluding tert-OH is 1. The van der Waals surface area contributed by atoms with Crippen molar-refractivity contribution in [3.8, 4) is 0 Å². The van der Waals surface area contributed by atoms with Gasteiger partial charge in [0.05, 0.1) is 12.0 Å². The van der Waals surface area contributed by atoms with E-state index in [9.17, 15) is 9.90 Å². The van der Waals surface area contributed by atoms with Crippen molar-refractivity contribution in [3.05, 3.63) is 0 Å². The van der Waals surface area contributed by atoms with Crippen LogP contribution in [0.5, 0.6) is 0 Å². The zero-order valence-corrected chi connectivity index (χ0v) is 6.23. The maximum absolute atomic E-state index is 10.5. The lowest BCUT2D eigenvalue weighted by Gasteiger charge is -2.28. The zero-order valence-electron chi connectivity index (χ0n) is 6.23. The summed E-state index contributed by atoms with van der Waals surface area (Å²) in [5.74, 6) is -1.22. The molecule has 0 unspecified atom stereocenters. The van der Waals surface area contributed by atoms with Crippen molar-refractivity contribution in [1.82, 2.24) is 0 Å². The lowest BCUT2D eigenvalue weighted by atomic mass is 9.84. The molecule has 0 aromatic carbocycles. The summed E-state index contributed by atoms with van der Waals surface area (Å²) in [7, 11) is 0. The molecule has 1 fully saturated rings. The number of carboxylic acid groups (broad SMARTS) is 1. The first-order valence-electron chi connectivity index (χ1n) is 3.77. The van der Waals surface area contributed by atoms with Gasteiger partial charge >= 0.3 is 5.97 Å². The fraction of sp³-hybridized carbons (Fsp3) is 0.857. The smallest absolute Gasteiger partial charge is 0.306 e. The summed E-state index contributed by atoms with van der Waals surface area (Å²) in [5.41, 5.74) is 5.50. The number of carbonyl (C=O) groups is 1. The molecule has 0 aromatic rings. The summed E-state index contributed by atoms with van der Waals surface area (Å²) in [4.78, 5) is 10.5. The molecule has 4 N–H and O–H groups in total. The van der Waals surface area contributed by atoms with Gasteiger partial charge in [-0.1, -0.05) is 0 Å². The monoisotopic (exact) mass is 159 g/mol. The SMILES string of the molecule is N[C@@H]1CC[C@H](C(=O)O)C[C@H]1O. The van der Waals surface area contributed by atoms with Gasteiger partial charge in [-0.15, -0.1) is 0 Å². The molecular formula is C7H13NO3. The van der Waals surface area contributed by atoms with E-state index in [2.05, 4.69) is 0 Å². The molecule has 1 rings (SSSR count). The highest BCUT2D eigenvalue weighted by Gasteiger charge is 2.30. The molecule has 0 aromatic heterocycles. The van der Waals surface area contributed by atoms with Crippen LogP contribution < -0.4 is 5.73 Å². The Morgan fingerprint density at radius 2 is 2.09 bits per heavy atom. The molecule has 64 valence electrons. The number of rotatable bonds is 1. The number of nitrogens with two attached hydrogens (primary N) is 1. The largest absolute Gasteiger partial charge is 0.481 e. The van der Waals surface area contributed by atoms with Crippen LogP contribution in [-0.2, 0) is 4.79 Å². The van der Waals surface area contributed by atoms with E-state index >= 15 is 0 Å². The second kappa shape index (κ2) is 3.19. The molecule has 4 heteroatoms. The van der Waals surface area contributed by atoms with E-state index in [1.165, 1.54) is 0 Å². The van der Waals surface area contributed by atoms with Crippen molar-refractivity contribution in [1.29, 1.82) is 0 Å². The van der Waals surface area contributed by atoms with Crippen LogP contribution in [0, 0.1) is 5.92 Å². The van der Waals surface area contributed by atoms with E-state index in [0.29, 0.717) is 19.3 Å². The molecule has 4 nitrogen and oxygen atoms in total. The Morgan fingerprint density at radius 1 is 1.45 bits per heavy atom. The van der Waals surface area contributed by atoms with Gasteiger partial charge in [-0.2, -0.15) is 0 Å². The minimum absolute atomic E-state index is 0.231. The molecule has 0 heterocycles. The molecule has 3 atom stereocenters. The van der Waals surface area contributed by atoms with Crippen LogP contribution >= 0.6 is 0 Å². The predicted molar refractivity (Wildman–Crippen MR) is 39.0 cm³/mol. The molecule has 1 aliphatic rings. The highest BCUT2D eigenvalue weighted by Crippen LogP contribution is 2.23. The molecule has 0 amide bonds. The van der Waals surface area contributed by atoms with Crippen molar-refractivity contribution < 1.29 is 15.0 Å². The topological polar surface area (TPSA) is 83.6 Å². The first-order chi connectivity index (χ1) is 5.11. The summed E-state index contributed by atoms with van der Waals surface area (Å²) in [5, 5.41) is 17.8. The molecule has 0 aliphatic heterocycles. The first-order valence-corrected chi connectivity index (χ1v) is 3.77. The van der Waals surface area contributed by atoms with Gasteiger partial charge in [0, 0.05) is 6.04 Å². The van der Waals surface area contributed by atoms with E-state index < -0.39 is 18.0 Å². The summed E-state index contributed by atoms with van der Waals surface area (Å²) in [6.45, 7) is 0. The quantitative estimate of drug-likeness (QED) is 0.484. The highest BCUT2D eigenvalue weighted by molar-refractivity contribution is 5.70. The van der Waals surface area contributed by atoms with Crippen LogP contribution in [0.2, 0.25) is 0 Å². The van der Waals surface area contributed by atoms with E-state index in [4.69, 9.17) is 10.8 Å². The highest BCUT2D eigenvalue weighted by atomic mass is 16.4. The average Bonchev–Trinajstić information content (AvgIpc) is 1.94. The van der Waals surface area contributed by atoms with Gasteiger partial charge in [-0.25, -0.2) is 0 Å². The van der Waals surface area contributed by atoms with Crippen LogP contribution in [0.1, 0.15) is 19.3 Å². The maximum atomic E-state index is 10.5. The van der Waals surface area contributed by atoms with Gasteiger partial charge in [0.15, 0.2) is 0 Å². The summed E-state index contributed by atoms with van der Waals surface area (Å²) in [6, 6.07) is -0.231. The van der Waals surface area contributed by atoms with E-state index in [0.717, 1.165) is 0 Å². The van der Waals surface area contributed by atoms with Crippen LogP contribution in [0.3, 0.4) is 0 Å². The number of hydrogen-bond donors (Lipinski definition) is 3. The van der Waals surface area contributed by atoms with Gasteiger partial charge in [-0.3, -0.25) is 4.79 Å². The van der Waals surface area contributed by atoms with Crippen molar-refractivity contribution in [2.75, 3.05) is 0 Å². The minimum atomic E-state index is -0.823. The lowest BCUT2D eigenvalue weighted by Crippen LogP contribution is -2.41. The Bertz CT molecular complexity index is 160. The lowest BCUT2D eigenvalue weighted by molar-refractivity contribution is -0.144. The standard InChI is InChI=1S/C7H13NO3/c8-5-2-1-4(7(10)11)3-6(5)9/h4-6,9H,1-3,8H2,(H,10,11)/t4-,5+,6+/m0/s1. The number of hydrogen-bond acceptors (Lipinski definition) is 3. The number of aliphatic hydroxyl groups is 1. The number of aliphatic carboxylic acids is 1. The first kappa shape index (κ1) is 8.49. The molecule has 0 saturated heterocycles. The zero-order chi connectivity index (χ0) is 8.43. The normalized spacial score (nSPS) is 38.5. The van der Waals surface area contributed by atoms with Crippen LogP contribution in [0.4, 0.5) is 0 Å². The molecule has 1 aliphatic carbocycles. The third-order valence-corrected chi connectivity index (χ3v) is 2.22. The van der Waals surface area contributed by atoms with Crippen LogP contribution in [-0.4, -0.2) is 28.3 Å². The van der Waals surface area contributed by atoms with Crippen molar-refractivity contribution in [2.24, 2.45) is 11.7 Å². The Morgan fingerprint density at radius 3 is 2.55 bits per heavy atom. The minimum Gasteiger partial charge on any atom is -0.481 e. The van der Waals surface area contributed by atoms with Gasteiger partial charge in [0.1, 0.15) is 0 Å². The van der Waals surface area contributed by atoms with Gasteiger partial charge < -0.3 is 15.9 Å². The third-order valence-electron chi connectivity index (χ3n) is 2.22. The van der Waals surface area contributed by atoms with Gasteiger partial charge in [-0.05, 0) is 19.3 Å². The van der Waals surface area contributed by atoms with Crippen molar-refractivity contribution >= 4 is 5.97 Å². The molecule has 11 heavy (non-hydrogen) atoms. The molecular weight excluding hydrogens is 146 g/mol. The molecule has 0 spiro atoms. The van der Waals surface area contributed by atoms with Crippen molar-refractivity contribution in [2.45, 2.75) is 31.4 Å². The summed E-state index contributed by atoms with van der Waals surface area (Å²) < 4.78 is 0. The predicted octanol–water partition coefficient (Wildman–Crippen LogP) is -0.441. The number of carboxylic acids is 1. The van der Waals surface area contributed by atoms with Gasteiger partial charge in [0.25, 0.3) is 0 Å². The molecule has 0 radical (unpaired) electrons. The van der Waals surface area contributed by atoms with Gasteiger partial charge in [0.2, 0.25) is 0 Å². The van der Waals surface area contributed by atoms with Crippen LogP contribution in [0.25, 0.3) is 0 Å². The fourth-order valence-corrected chi connectivity index (χ4v) is 1.39. The Balaban J connectivity index is 2.46. The maximum Gasteiger partial charge on any atom is 0.306 e. The Hall–Kier alpha value is -0.610. The fourth-order valence-electron chi connectivity index (χ4n) is 1.39. The summed E-state index contributed by atoms with van der Waals surface area (Å²) >= 11 is 0. The second-order valence-corrected chi connectivity index (χ2v) is 3.08. The summed E-state index contributed by atoms with van der Waals surface area (Å²) in [6.07, 6.45) is 0.868. The molecule has 0 bridgehead atoms. The average molecular weight is 159 g/mol.